The quantitative estimate of drug-likeness (QED) is 0.640. The van der Waals surface area contributed by atoms with Gasteiger partial charge in [-0.05, 0) is 74.2 Å². The van der Waals surface area contributed by atoms with Crippen molar-refractivity contribution < 1.29 is 9.59 Å². The third kappa shape index (κ3) is 4.36. The monoisotopic (exact) mass is 421 g/mol. The highest BCUT2D eigenvalue weighted by Crippen LogP contribution is 2.61. The van der Waals surface area contributed by atoms with Crippen molar-refractivity contribution in [2.24, 2.45) is 23.2 Å². The molecular weight excluding hydrogens is 390 g/mol. The maximum Gasteiger partial charge on any atom is 0.240 e. The van der Waals surface area contributed by atoms with Crippen LogP contribution in [0.15, 0.2) is 30.3 Å². The minimum Gasteiger partial charge on any atom is -0.347 e. The van der Waals surface area contributed by atoms with E-state index >= 15 is 0 Å². The van der Waals surface area contributed by atoms with Crippen LogP contribution in [0.2, 0.25) is 0 Å². The van der Waals surface area contributed by atoms with E-state index in [-0.39, 0.29) is 23.8 Å². The number of amides is 2. The number of carbonyl (C=O) groups is 2. The molecule has 164 valence electrons. The molecule has 4 saturated carbocycles. The van der Waals surface area contributed by atoms with Gasteiger partial charge < -0.3 is 10.6 Å². The van der Waals surface area contributed by atoms with Crippen LogP contribution in [0.5, 0.6) is 0 Å². The van der Waals surface area contributed by atoms with Gasteiger partial charge in [-0.1, -0.05) is 30.3 Å². The lowest BCUT2D eigenvalue weighted by molar-refractivity contribution is -0.132. The summed E-state index contributed by atoms with van der Waals surface area (Å²) in [5.74, 6) is 3.42. The highest BCUT2D eigenvalue weighted by Gasteiger charge is 2.51. The molecule has 7 nitrogen and oxygen atoms in total. The minimum atomic E-state index is -0.460. The predicted octanol–water partition coefficient (Wildman–Crippen LogP) is 3.04. The summed E-state index contributed by atoms with van der Waals surface area (Å²) in [6.45, 7) is 1.79. The highest BCUT2D eigenvalue weighted by molar-refractivity contribution is 5.85. The van der Waals surface area contributed by atoms with E-state index < -0.39 is 6.04 Å². The summed E-state index contributed by atoms with van der Waals surface area (Å²) < 4.78 is 0. The first-order valence-corrected chi connectivity index (χ1v) is 11.5. The molecule has 1 heterocycles. The summed E-state index contributed by atoms with van der Waals surface area (Å²) in [6.07, 6.45) is 8.24. The summed E-state index contributed by atoms with van der Waals surface area (Å²) in [7, 11) is 0. The highest BCUT2D eigenvalue weighted by atomic mass is 16.2. The van der Waals surface area contributed by atoms with Crippen LogP contribution >= 0.6 is 0 Å². The maximum atomic E-state index is 12.7. The SMILES string of the molecule is Cc1nc(C(NC(=O)CNC(=O)CC23CC4CC(CC(C4)C2)C3)c2ccccc2)n[nH]1. The average molecular weight is 422 g/mol. The fourth-order valence-corrected chi connectivity index (χ4v) is 6.73. The molecule has 6 rings (SSSR count). The van der Waals surface area contributed by atoms with Gasteiger partial charge in [-0.3, -0.25) is 14.7 Å². The molecule has 31 heavy (non-hydrogen) atoms. The van der Waals surface area contributed by atoms with Crippen molar-refractivity contribution in [3.63, 3.8) is 0 Å². The molecule has 2 aromatic rings. The van der Waals surface area contributed by atoms with Crippen molar-refractivity contribution in [2.45, 2.75) is 57.9 Å². The van der Waals surface area contributed by atoms with Crippen molar-refractivity contribution in [3.8, 4) is 0 Å². The Morgan fingerprint density at radius 1 is 1.06 bits per heavy atom. The lowest BCUT2D eigenvalue weighted by Crippen LogP contribution is -2.48. The summed E-state index contributed by atoms with van der Waals surface area (Å²) in [4.78, 5) is 29.8. The number of rotatable bonds is 7. The molecule has 7 heteroatoms. The molecule has 1 aromatic carbocycles. The van der Waals surface area contributed by atoms with E-state index in [1.807, 2.05) is 37.3 Å². The predicted molar refractivity (Wildman–Crippen MR) is 116 cm³/mol. The first-order valence-electron chi connectivity index (χ1n) is 11.5. The molecular formula is C24H31N5O2. The van der Waals surface area contributed by atoms with Crippen LogP contribution in [0.4, 0.5) is 0 Å². The first kappa shape index (κ1) is 20.2. The Labute approximate surface area is 182 Å². The van der Waals surface area contributed by atoms with Crippen molar-refractivity contribution in [1.29, 1.82) is 0 Å². The van der Waals surface area contributed by atoms with E-state index in [0.717, 1.165) is 23.3 Å². The summed E-state index contributed by atoms with van der Waals surface area (Å²) in [5, 5.41) is 12.9. The van der Waals surface area contributed by atoms with E-state index in [2.05, 4.69) is 25.8 Å². The number of nitrogens with one attached hydrogen (secondary N) is 3. The second-order valence-electron chi connectivity index (χ2n) is 10.1. The van der Waals surface area contributed by atoms with E-state index in [9.17, 15) is 9.59 Å². The van der Waals surface area contributed by atoms with Crippen LogP contribution in [0, 0.1) is 30.1 Å². The summed E-state index contributed by atoms with van der Waals surface area (Å²) >= 11 is 0. The van der Waals surface area contributed by atoms with Crippen LogP contribution < -0.4 is 10.6 Å². The molecule has 0 saturated heterocycles. The third-order valence-electron chi connectivity index (χ3n) is 7.46. The standard InChI is InChI=1S/C24H31N5O2/c1-15-26-23(29-28-15)22(19-5-3-2-4-6-19)27-21(31)14-25-20(30)13-24-10-16-7-17(11-24)9-18(8-16)12-24/h2-6,16-18,22H,7-14H2,1H3,(H,25,30)(H,27,31)(H,26,28,29). The Hall–Kier alpha value is -2.70. The number of aromatic amines is 1. The van der Waals surface area contributed by atoms with E-state index in [4.69, 9.17) is 0 Å². The zero-order valence-corrected chi connectivity index (χ0v) is 18.1. The Bertz CT molecular complexity index is 919. The lowest BCUT2D eigenvalue weighted by atomic mass is 9.49. The molecule has 0 spiro atoms. The van der Waals surface area contributed by atoms with Crippen molar-refractivity contribution in [1.82, 2.24) is 25.8 Å². The number of nitrogens with zero attached hydrogens (tertiary/aromatic N) is 2. The van der Waals surface area contributed by atoms with Crippen LogP contribution in [0.1, 0.15) is 68.2 Å². The fourth-order valence-electron chi connectivity index (χ4n) is 6.73. The topological polar surface area (TPSA) is 99.8 Å². The summed E-state index contributed by atoms with van der Waals surface area (Å²) in [6, 6.07) is 9.17. The van der Waals surface area contributed by atoms with Gasteiger partial charge in [-0.25, -0.2) is 4.98 Å². The molecule has 1 atom stereocenters. The lowest BCUT2D eigenvalue weighted by Gasteiger charge is -2.56. The van der Waals surface area contributed by atoms with Gasteiger partial charge in [0, 0.05) is 6.42 Å². The normalized spacial score (nSPS) is 29.5. The Kier molecular flexibility index (Phi) is 5.28. The minimum absolute atomic E-state index is 0.00194. The molecule has 1 unspecified atom stereocenters. The van der Waals surface area contributed by atoms with Crippen molar-refractivity contribution in [2.75, 3.05) is 6.54 Å². The Morgan fingerprint density at radius 3 is 2.29 bits per heavy atom. The number of H-pyrrole nitrogens is 1. The number of hydrogen-bond acceptors (Lipinski definition) is 4. The molecule has 4 fully saturated rings. The van der Waals surface area contributed by atoms with Crippen molar-refractivity contribution in [3.05, 3.63) is 47.5 Å². The number of aryl methyl sites for hydroxylation is 1. The Balaban J connectivity index is 1.18. The van der Waals surface area contributed by atoms with Crippen LogP contribution in [-0.2, 0) is 9.59 Å². The largest absolute Gasteiger partial charge is 0.347 e. The molecule has 4 bridgehead atoms. The molecule has 0 radical (unpaired) electrons. The number of hydrogen-bond donors (Lipinski definition) is 3. The van der Waals surface area contributed by atoms with Gasteiger partial charge >= 0.3 is 0 Å². The molecule has 4 aliphatic carbocycles. The number of carbonyl (C=O) groups excluding carboxylic acids is 2. The van der Waals surface area contributed by atoms with E-state index in [1.165, 1.54) is 38.5 Å². The van der Waals surface area contributed by atoms with Gasteiger partial charge in [0.25, 0.3) is 0 Å². The molecule has 3 N–H and O–H groups in total. The zero-order valence-electron chi connectivity index (χ0n) is 18.1. The summed E-state index contributed by atoms with van der Waals surface area (Å²) in [5.41, 5.74) is 1.08. The number of aromatic nitrogens is 3. The molecule has 2 amide bonds. The first-order chi connectivity index (χ1) is 15.0. The van der Waals surface area contributed by atoms with Gasteiger partial charge in [0.1, 0.15) is 11.9 Å². The smallest absolute Gasteiger partial charge is 0.240 e. The van der Waals surface area contributed by atoms with Gasteiger partial charge in [-0.15, -0.1) is 0 Å². The van der Waals surface area contributed by atoms with Gasteiger partial charge in [0.15, 0.2) is 5.82 Å². The molecule has 0 aliphatic heterocycles. The van der Waals surface area contributed by atoms with Crippen LogP contribution in [-0.4, -0.2) is 33.5 Å². The molecule has 4 aliphatic rings. The van der Waals surface area contributed by atoms with Crippen molar-refractivity contribution >= 4 is 11.8 Å². The molecule has 1 aromatic heterocycles. The zero-order chi connectivity index (χ0) is 21.4. The average Bonchev–Trinajstić information content (AvgIpc) is 3.16. The van der Waals surface area contributed by atoms with Crippen LogP contribution in [0.25, 0.3) is 0 Å². The Morgan fingerprint density at radius 2 is 1.71 bits per heavy atom. The number of benzene rings is 1. The van der Waals surface area contributed by atoms with E-state index in [0.29, 0.717) is 18.1 Å². The van der Waals surface area contributed by atoms with Gasteiger partial charge in [0.05, 0.1) is 6.54 Å². The van der Waals surface area contributed by atoms with Crippen LogP contribution in [0.3, 0.4) is 0 Å². The third-order valence-corrected chi connectivity index (χ3v) is 7.46. The van der Waals surface area contributed by atoms with E-state index in [1.54, 1.807) is 0 Å². The van der Waals surface area contributed by atoms with Gasteiger partial charge in [-0.2, -0.15) is 5.10 Å². The second kappa shape index (κ2) is 8.09. The van der Waals surface area contributed by atoms with Gasteiger partial charge in [0.2, 0.25) is 11.8 Å². The second-order valence-corrected chi connectivity index (χ2v) is 10.1. The fraction of sp³-hybridized carbons (Fsp3) is 0.583. The maximum absolute atomic E-state index is 12.7.